The molecular formula is C12H22N2O4. The Kier molecular flexibility index (Phi) is 6.49. The Morgan fingerprint density at radius 2 is 2.17 bits per heavy atom. The molecule has 0 bridgehead atoms. The molecule has 1 aliphatic carbocycles. The second kappa shape index (κ2) is 7.92. The summed E-state index contributed by atoms with van der Waals surface area (Å²) in [4.78, 5) is 22.5. The minimum absolute atomic E-state index is 0.375. The molecule has 104 valence electrons. The monoisotopic (exact) mass is 258 g/mol. The van der Waals surface area contributed by atoms with Gasteiger partial charge in [-0.2, -0.15) is 0 Å². The quantitative estimate of drug-likeness (QED) is 0.566. The molecule has 0 heterocycles. The van der Waals surface area contributed by atoms with E-state index in [4.69, 9.17) is 9.84 Å². The van der Waals surface area contributed by atoms with Gasteiger partial charge in [0, 0.05) is 20.3 Å². The van der Waals surface area contributed by atoms with Crippen molar-refractivity contribution < 1.29 is 19.4 Å². The number of aliphatic carboxylic acids is 1. The number of carboxylic acids is 1. The summed E-state index contributed by atoms with van der Waals surface area (Å²) in [6.45, 7) is 1.13. The Bertz CT molecular complexity index is 279. The van der Waals surface area contributed by atoms with Crippen LogP contribution in [0.3, 0.4) is 0 Å². The Labute approximate surface area is 107 Å². The van der Waals surface area contributed by atoms with Gasteiger partial charge in [0.1, 0.15) is 6.04 Å². The smallest absolute Gasteiger partial charge is 0.326 e. The molecule has 1 atom stereocenters. The third-order valence-corrected chi connectivity index (χ3v) is 3.22. The van der Waals surface area contributed by atoms with Crippen molar-refractivity contribution in [3.63, 3.8) is 0 Å². The molecule has 0 radical (unpaired) electrons. The lowest BCUT2D eigenvalue weighted by Crippen LogP contribution is -2.47. The molecule has 3 N–H and O–H groups in total. The van der Waals surface area contributed by atoms with Gasteiger partial charge < -0.3 is 20.5 Å². The van der Waals surface area contributed by atoms with Crippen LogP contribution in [0.5, 0.6) is 0 Å². The molecule has 0 aliphatic heterocycles. The summed E-state index contributed by atoms with van der Waals surface area (Å²) in [5, 5.41) is 14.2. The first-order valence-corrected chi connectivity index (χ1v) is 6.39. The summed E-state index contributed by atoms with van der Waals surface area (Å²) in [5.41, 5.74) is 0. The van der Waals surface area contributed by atoms with E-state index in [0.717, 1.165) is 12.8 Å². The molecule has 0 aromatic heterocycles. The number of urea groups is 1. The van der Waals surface area contributed by atoms with Crippen LogP contribution in [0.15, 0.2) is 0 Å². The molecule has 1 fully saturated rings. The van der Waals surface area contributed by atoms with E-state index in [9.17, 15) is 9.59 Å². The molecule has 6 heteroatoms. The fourth-order valence-electron chi connectivity index (χ4n) is 1.83. The van der Waals surface area contributed by atoms with Gasteiger partial charge in [0.25, 0.3) is 0 Å². The highest BCUT2D eigenvalue weighted by molar-refractivity contribution is 5.82. The van der Waals surface area contributed by atoms with Crippen molar-refractivity contribution in [3.8, 4) is 0 Å². The lowest BCUT2D eigenvalue weighted by Gasteiger charge is -2.25. The number of nitrogens with one attached hydrogen (secondary N) is 2. The van der Waals surface area contributed by atoms with E-state index in [1.54, 1.807) is 7.11 Å². The van der Waals surface area contributed by atoms with Crippen LogP contribution in [0.1, 0.15) is 32.1 Å². The maximum absolute atomic E-state index is 11.5. The summed E-state index contributed by atoms with van der Waals surface area (Å²) >= 11 is 0. The van der Waals surface area contributed by atoms with E-state index in [1.165, 1.54) is 6.42 Å². The number of ether oxygens (including phenoxy) is 1. The van der Waals surface area contributed by atoms with Crippen LogP contribution in [0.2, 0.25) is 0 Å². The number of carbonyl (C=O) groups is 2. The second-order valence-corrected chi connectivity index (χ2v) is 4.68. The van der Waals surface area contributed by atoms with Gasteiger partial charge in [-0.05, 0) is 31.6 Å². The number of carbonyl (C=O) groups excluding carboxylic acids is 1. The van der Waals surface area contributed by atoms with E-state index < -0.39 is 18.0 Å². The van der Waals surface area contributed by atoms with Gasteiger partial charge in [-0.15, -0.1) is 0 Å². The van der Waals surface area contributed by atoms with Gasteiger partial charge in [-0.1, -0.05) is 6.42 Å². The predicted octanol–water partition coefficient (Wildman–Crippen LogP) is 0.965. The van der Waals surface area contributed by atoms with Crippen molar-refractivity contribution >= 4 is 12.0 Å². The van der Waals surface area contributed by atoms with Crippen LogP contribution in [-0.2, 0) is 9.53 Å². The zero-order chi connectivity index (χ0) is 13.4. The molecule has 0 saturated heterocycles. The minimum atomic E-state index is -1.01. The number of hydrogen-bond acceptors (Lipinski definition) is 3. The van der Waals surface area contributed by atoms with Crippen LogP contribution in [0.4, 0.5) is 4.79 Å². The molecule has 0 aromatic carbocycles. The largest absolute Gasteiger partial charge is 0.480 e. The first-order chi connectivity index (χ1) is 8.63. The van der Waals surface area contributed by atoms with E-state index in [1.807, 2.05) is 0 Å². The van der Waals surface area contributed by atoms with Gasteiger partial charge in [0.2, 0.25) is 0 Å². The Morgan fingerprint density at radius 3 is 2.67 bits per heavy atom. The summed E-state index contributed by atoms with van der Waals surface area (Å²) in [7, 11) is 1.56. The first-order valence-electron chi connectivity index (χ1n) is 6.39. The number of hydrogen-bond donors (Lipinski definition) is 3. The zero-order valence-electron chi connectivity index (χ0n) is 10.8. The molecule has 0 aromatic rings. The average molecular weight is 258 g/mol. The Hall–Kier alpha value is -1.30. The van der Waals surface area contributed by atoms with Crippen LogP contribution < -0.4 is 10.6 Å². The van der Waals surface area contributed by atoms with Gasteiger partial charge in [0.05, 0.1) is 0 Å². The summed E-state index contributed by atoms with van der Waals surface area (Å²) in [5.74, 6) is -0.447. The average Bonchev–Trinajstić information content (AvgIpc) is 2.25. The summed E-state index contributed by atoms with van der Waals surface area (Å²) in [6, 6.07) is -1.24. The molecule has 1 unspecified atom stereocenters. The third kappa shape index (κ3) is 5.35. The second-order valence-electron chi connectivity index (χ2n) is 4.68. The van der Waals surface area contributed by atoms with Crippen LogP contribution in [0.25, 0.3) is 0 Å². The van der Waals surface area contributed by atoms with E-state index in [0.29, 0.717) is 31.9 Å². The normalized spacial score (nSPS) is 16.7. The topological polar surface area (TPSA) is 87.7 Å². The fourth-order valence-corrected chi connectivity index (χ4v) is 1.83. The number of methoxy groups -OCH3 is 1. The number of rotatable bonds is 8. The highest BCUT2D eigenvalue weighted by Crippen LogP contribution is 2.24. The van der Waals surface area contributed by atoms with Crippen LogP contribution >= 0.6 is 0 Å². The molecule has 1 aliphatic rings. The Balaban J connectivity index is 2.20. The van der Waals surface area contributed by atoms with E-state index in [-0.39, 0.29) is 0 Å². The van der Waals surface area contributed by atoms with Crippen molar-refractivity contribution in [2.45, 2.75) is 38.1 Å². The van der Waals surface area contributed by atoms with Crippen LogP contribution in [-0.4, -0.2) is 43.4 Å². The van der Waals surface area contributed by atoms with Gasteiger partial charge in [-0.25, -0.2) is 9.59 Å². The molecule has 18 heavy (non-hydrogen) atoms. The molecule has 6 nitrogen and oxygen atoms in total. The molecule has 2 amide bonds. The highest BCUT2D eigenvalue weighted by Gasteiger charge is 2.21. The fraction of sp³-hybridized carbons (Fsp3) is 0.833. The van der Waals surface area contributed by atoms with E-state index in [2.05, 4.69) is 10.6 Å². The first kappa shape index (κ1) is 14.8. The van der Waals surface area contributed by atoms with Crippen molar-refractivity contribution in [2.24, 2.45) is 5.92 Å². The zero-order valence-corrected chi connectivity index (χ0v) is 10.8. The van der Waals surface area contributed by atoms with Gasteiger partial charge in [0.15, 0.2) is 0 Å². The molecular weight excluding hydrogens is 236 g/mol. The third-order valence-electron chi connectivity index (χ3n) is 3.22. The highest BCUT2D eigenvalue weighted by atomic mass is 16.5. The molecule has 1 saturated carbocycles. The van der Waals surface area contributed by atoms with Gasteiger partial charge >= 0.3 is 12.0 Å². The Morgan fingerprint density at radius 1 is 1.44 bits per heavy atom. The number of carboxylic acid groups (broad SMARTS) is 1. The van der Waals surface area contributed by atoms with Crippen LogP contribution in [0, 0.1) is 5.92 Å². The number of amides is 2. The molecule has 0 spiro atoms. The minimum Gasteiger partial charge on any atom is -0.480 e. The lowest BCUT2D eigenvalue weighted by molar-refractivity contribution is -0.139. The maximum Gasteiger partial charge on any atom is 0.326 e. The van der Waals surface area contributed by atoms with Gasteiger partial charge in [-0.3, -0.25) is 0 Å². The predicted molar refractivity (Wildman–Crippen MR) is 66.4 cm³/mol. The van der Waals surface area contributed by atoms with Crippen molar-refractivity contribution in [2.75, 3.05) is 20.3 Å². The standard InChI is InChI=1S/C12H22N2O4/c1-18-7-3-6-10(11(15)16)14-12(17)13-8-9-4-2-5-9/h9-10H,2-8H2,1H3,(H,15,16)(H2,13,14,17). The van der Waals surface area contributed by atoms with Crippen molar-refractivity contribution in [1.82, 2.24) is 10.6 Å². The summed E-state index contributed by atoms with van der Waals surface area (Å²) < 4.78 is 4.86. The SMILES string of the molecule is COCCCC(NC(=O)NCC1CCC1)C(=O)O. The summed E-state index contributed by atoms with van der Waals surface area (Å²) in [6.07, 6.45) is 4.51. The van der Waals surface area contributed by atoms with Crippen molar-refractivity contribution in [1.29, 1.82) is 0 Å². The molecule has 1 rings (SSSR count). The lowest BCUT2D eigenvalue weighted by atomic mass is 9.85. The van der Waals surface area contributed by atoms with E-state index >= 15 is 0 Å². The van der Waals surface area contributed by atoms with Crippen molar-refractivity contribution in [3.05, 3.63) is 0 Å². The maximum atomic E-state index is 11.5.